The van der Waals surface area contributed by atoms with E-state index < -0.39 is 0 Å². The lowest BCUT2D eigenvalue weighted by Crippen LogP contribution is -2.48. The number of carbonyl (C=O) groups is 1. The van der Waals surface area contributed by atoms with Gasteiger partial charge in [0.05, 0.1) is 0 Å². The van der Waals surface area contributed by atoms with Gasteiger partial charge in [0, 0.05) is 58.3 Å². The van der Waals surface area contributed by atoms with Crippen molar-refractivity contribution in [2.24, 2.45) is 0 Å². The highest BCUT2D eigenvalue weighted by Gasteiger charge is 2.19. The van der Waals surface area contributed by atoms with Crippen LogP contribution in [0, 0.1) is 0 Å². The average molecular weight is 330 g/mol. The molecule has 0 bridgehead atoms. The Morgan fingerprint density at radius 2 is 1.88 bits per heavy atom. The molecule has 0 aliphatic carbocycles. The Balaban J connectivity index is 1.27. The number of hydrogen-bond acceptors (Lipinski definition) is 4. The monoisotopic (exact) mass is 330 g/mol. The summed E-state index contributed by atoms with van der Waals surface area (Å²) >= 11 is 0. The van der Waals surface area contributed by atoms with E-state index in [1.54, 1.807) is 0 Å². The van der Waals surface area contributed by atoms with Crippen molar-refractivity contribution in [1.82, 2.24) is 20.4 Å². The van der Waals surface area contributed by atoms with Crippen LogP contribution < -0.4 is 10.6 Å². The fraction of sp³-hybridized carbons (Fsp3) is 0.632. The van der Waals surface area contributed by atoms with Crippen LogP contribution in [0.5, 0.6) is 0 Å². The topological polar surface area (TPSA) is 47.6 Å². The highest BCUT2D eigenvalue weighted by molar-refractivity contribution is 5.76. The molecule has 1 atom stereocenters. The highest BCUT2D eigenvalue weighted by Crippen LogP contribution is 2.09. The lowest BCUT2D eigenvalue weighted by Gasteiger charge is -2.34. The van der Waals surface area contributed by atoms with Gasteiger partial charge >= 0.3 is 0 Å². The van der Waals surface area contributed by atoms with Gasteiger partial charge in [-0.25, -0.2) is 0 Å². The lowest BCUT2D eigenvalue weighted by atomic mass is 10.1. The predicted octanol–water partition coefficient (Wildman–Crippen LogP) is 1.06. The van der Waals surface area contributed by atoms with Gasteiger partial charge < -0.3 is 10.6 Å². The van der Waals surface area contributed by atoms with Gasteiger partial charge in [-0.3, -0.25) is 14.6 Å². The van der Waals surface area contributed by atoms with E-state index in [1.807, 2.05) is 0 Å². The summed E-state index contributed by atoms with van der Waals surface area (Å²) < 4.78 is 0. The van der Waals surface area contributed by atoms with Gasteiger partial charge in [0.15, 0.2) is 0 Å². The van der Waals surface area contributed by atoms with Gasteiger partial charge in [-0.2, -0.15) is 0 Å². The van der Waals surface area contributed by atoms with E-state index in [4.69, 9.17) is 0 Å². The maximum absolute atomic E-state index is 11.9. The van der Waals surface area contributed by atoms with E-state index in [-0.39, 0.29) is 5.91 Å². The predicted molar refractivity (Wildman–Crippen MR) is 96.8 cm³/mol. The van der Waals surface area contributed by atoms with Crippen LogP contribution in [0.25, 0.3) is 0 Å². The maximum atomic E-state index is 11.9. The Kier molecular flexibility index (Phi) is 6.64. The zero-order chi connectivity index (χ0) is 16.6. The first-order valence-electron chi connectivity index (χ1n) is 9.28. The van der Waals surface area contributed by atoms with Gasteiger partial charge in [-0.15, -0.1) is 0 Å². The number of rotatable bonds is 7. The molecule has 2 saturated heterocycles. The van der Waals surface area contributed by atoms with Crippen molar-refractivity contribution in [3.8, 4) is 0 Å². The Bertz CT molecular complexity index is 493. The second-order valence-corrected chi connectivity index (χ2v) is 6.95. The van der Waals surface area contributed by atoms with Crippen LogP contribution in [0.1, 0.15) is 24.8 Å². The van der Waals surface area contributed by atoms with Gasteiger partial charge in [-0.1, -0.05) is 30.3 Å². The third-order valence-electron chi connectivity index (χ3n) is 5.06. The minimum atomic E-state index is 0.192. The second-order valence-electron chi connectivity index (χ2n) is 6.95. The first-order chi connectivity index (χ1) is 11.8. The molecular weight excluding hydrogens is 300 g/mol. The molecule has 2 fully saturated rings. The van der Waals surface area contributed by atoms with Crippen LogP contribution in [0.4, 0.5) is 0 Å². The summed E-state index contributed by atoms with van der Waals surface area (Å²) in [6.45, 7) is 8.22. The lowest BCUT2D eigenvalue weighted by molar-refractivity contribution is -0.121. The van der Waals surface area contributed by atoms with Gasteiger partial charge in [0.2, 0.25) is 5.91 Å². The Morgan fingerprint density at radius 1 is 1.12 bits per heavy atom. The highest BCUT2D eigenvalue weighted by atomic mass is 16.1. The molecule has 0 saturated carbocycles. The smallest absolute Gasteiger partial charge is 0.221 e. The first kappa shape index (κ1) is 17.4. The third-order valence-corrected chi connectivity index (χ3v) is 5.06. The molecule has 0 spiro atoms. The number of amides is 1. The molecule has 0 radical (unpaired) electrons. The van der Waals surface area contributed by atoms with Crippen LogP contribution in [0.15, 0.2) is 30.3 Å². The summed E-state index contributed by atoms with van der Waals surface area (Å²) in [5, 5.41) is 6.45. The Hall–Kier alpha value is -1.43. The molecule has 2 N–H and O–H groups in total. The molecule has 0 aromatic heterocycles. The Morgan fingerprint density at radius 3 is 2.58 bits per heavy atom. The zero-order valence-corrected chi connectivity index (χ0v) is 14.5. The van der Waals surface area contributed by atoms with Crippen LogP contribution in [0.3, 0.4) is 0 Å². The van der Waals surface area contributed by atoms with Crippen molar-refractivity contribution in [1.29, 1.82) is 0 Å². The van der Waals surface area contributed by atoms with E-state index >= 15 is 0 Å². The molecule has 2 aliphatic rings. The van der Waals surface area contributed by atoms with Crippen molar-refractivity contribution in [2.45, 2.75) is 31.8 Å². The SMILES string of the molecule is O=C(CC1CCCN1)NCCN1CCN(Cc2ccccc2)CC1. The Labute approximate surface area is 145 Å². The molecule has 2 heterocycles. The van der Waals surface area contributed by atoms with E-state index in [2.05, 4.69) is 50.8 Å². The van der Waals surface area contributed by atoms with Crippen LogP contribution in [-0.4, -0.2) is 67.6 Å². The molecule has 1 amide bonds. The molecule has 1 aromatic rings. The van der Waals surface area contributed by atoms with E-state index in [9.17, 15) is 4.79 Å². The van der Waals surface area contributed by atoms with Gasteiger partial charge in [0.1, 0.15) is 0 Å². The average Bonchev–Trinajstić information content (AvgIpc) is 3.10. The van der Waals surface area contributed by atoms with Crippen LogP contribution in [0.2, 0.25) is 0 Å². The summed E-state index contributed by atoms with van der Waals surface area (Å²) in [6.07, 6.45) is 2.97. The minimum Gasteiger partial charge on any atom is -0.355 e. The standard InChI is InChI=1S/C19H30N4O/c24-19(15-18-7-4-8-20-18)21-9-10-22-11-13-23(14-12-22)16-17-5-2-1-3-6-17/h1-3,5-6,18,20H,4,7-16H2,(H,21,24). The molecule has 3 rings (SSSR count). The van der Waals surface area contributed by atoms with Crippen molar-refractivity contribution >= 4 is 5.91 Å². The number of nitrogens with zero attached hydrogens (tertiary/aromatic N) is 2. The number of carbonyl (C=O) groups excluding carboxylic acids is 1. The molecule has 24 heavy (non-hydrogen) atoms. The van der Waals surface area contributed by atoms with Crippen LogP contribution >= 0.6 is 0 Å². The van der Waals surface area contributed by atoms with Crippen molar-refractivity contribution in [3.63, 3.8) is 0 Å². The summed E-state index contributed by atoms with van der Waals surface area (Å²) in [5.41, 5.74) is 1.39. The molecule has 1 aromatic carbocycles. The summed E-state index contributed by atoms with van der Waals surface area (Å²) in [7, 11) is 0. The molecule has 5 heteroatoms. The minimum absolute atomic E-state index is 0.192. The van der Waals surface area contributed by atoms with E-state index in [1.165, 1.54) is 12.0 Å². The van der Waals surface area contributed by atoms with Crippen molar-refractivity contribution in [3.05, 3.63) is 35.9 Å². The zero-order valence-electron chi connectivity index (χ0n) is 14.5. The van der Waals surface area contributed by atoms with E-state index in [0.717, 1.165) is 58.8 Å². The quantitative estimate of drug-likeness (QED) is 0.785. The summed E-state index contributed by atoms with van der Waals surface area (Å²) in [4.78, 5) is 16.9. The van der Waals surface area contributed by atoms with Crippen LogP contribution in [-0.2, 0) is 11.3 Å². The second kappa shape index (κ2) is 9.16. The van der Waals surface area contributed by atoms with Gasteiger partial charge in [0.25, 0.3) is 0 Å². The molecule has 5 nitrogen and oxygen atoms in total. The molecule has 1 unspecified atom stereocenters. The van der Waals surface area contributed by atoms with E-state index in [0.29, 0.717) is 12.5 Å². The normalized spacial score (nSPS) is 22.6. The number of piperazine rings is 1. The number of benzene rings is 1. The summed E-state index contributed by atoms with van der Waals surface area (Å²) in [6, 6.07) is 11.1. The number of nitrogens with one attached hydrogen (secondary N) is 2. The molecule has 132 valence electrons. The molecule has 2 aliphatic heterocycles. The first-order valence-corrected chi connectivity index (χ1v) is 9.28. The largest absolute Gasteiger partial charge is 0.355 e. The van der Waals surface area contributed by atoms with Gasteiger partial charge in [-0.05, 0) is 24.9 Å². The molecular formula is C19H30N4O. The maximum Gasteiger partial charge on any atom is 0.221 e. The van der Waals surface area contributed by atoms with Crippen molar-refractivity contribution < 1.29 is 4.79 Å². The number of hydrogen-bond donors (Lipinski definition) is 2. The fourth-order valence-corrected chi connectivity index (χ4v) is 3.59. The van der Waals surface area contributed by atoms with Crippen molar-refractivity contribution in [2.75, 3.05) is 45.8 Å². The third kappa shape index (κ3) is 5.58. The fourth-order valence-electron chi connectivity index (χ4n) is 3.59. The summed E-state index contributed by atoms with van der Waals surface area (Å²) in [5.74, 6) is 0.192.